The quantitative estimate of drug-likeness (QED) is 0.765. The highest BCUT2D eigenvalue weighted by molar-refractivity contribution is 5.24. The Morgan fingerprint density at radius 3 is 2.50 bits per heavy atom. The Bertz CT molecular complexity index is 504. The fourth-order valence-electron chi connectivity index (χ4n) is 3.79. The number of hydrogen-bond acceptors (Lipinski definition) is 4. The number of nitrogens with zero attached hydrogens (tertiary/aromatic N) is 3. The minimum atomic E-state index is 0.137. The minimum Gasteiger partial charge on any atom is -0.394 e. The Morgan fingerprint density at radius 2 is 1.92 bits per heavy atom. The highest BCUT2D eigenvalue weighted by Gasteiger charge is 2.25. The molecular formula is C19H36N4O. The zero-order chi connectivity index (χ0) is 17.7. The van der Waals surface area contributed by atoms with Crippen LogP contribution in [0.2, 0.25) is 0 Å². The van der Waals surface area contributed by atoms with Crippen LogP contribution in [-0.2, 0) is 13.1 Å². The number of aryl methyl sites for hydroxylation is 1. The van der Waals surface area contributed by atoms with Crippen LogP contribution >= 0.6 is 0 Å². The lowest BCUT2D eigenvalue weighted by molar-refractivity contribution is 0.107. The number of hydrogen-bond donors (Lipinski definition) is 2. The lowest BCUT2D eigenvalue weighted by Crippen LogP contribution is -2.48. The van der Waals surface area contributed by atoms with Crippen molar-refractivity contribution < 1.29 is 5.11 Å². The standard InChI is InChI=1S/C19H36N4O/c1-14(2)19(22-8-6-15(3)7-9-22)13-20-12-18-16(4)21-23(10-11-24)17(18)5/h14-15,19-20,24H,6-13H2,1-5H3. The van der Waals surface area contributed by atoms with Gasteiger partial charge in [-0.1, -0.05) is 20.8 Å². The van der Waals surface area contributed by atoms with Crippen molar-refractivity contribution >= 4 is 0 Å². The van der Waals surface area contributed by atoms with Crippen LogP contribution in [0.1, 0.15) is 50.6 Å². The first-order valence-corrected chi connectivity index (χ1v) is 9.52. The molecule has 138 valence electrons. The Hall–Kier alpha value is -0.910. The summed E-state index contributed by atoms with van der Waals surface area (Å²) in [7, 11) is 0. The van der Waals surface area contributed by atoms with Gasteiger partial charge in [-0.15, -0.1) is 0 Å². The maximum atomic E-state index is 9.14. The van der Waals surface area contributed by atoms with E-state index < -0.39 is 0 Å². The van der Waals surface area contributed by atoms with Crippen LogP contribution < -0.4 is 5.32 Å². The molecule has 1 aliphatic heterocycles. The molecule has 0 aromatic carbocycles. The van der Waals surface area contributed by atoms with Crippen molar-refractivity contribution in [1.29, 1.82) is 0 Å². The number of aliphatic hydroxyl groups is 1. The third-order valence-electron chi connectivity index (χ3n) is 5.56. The van der Waals surface area contributed by atoms with Gasteiger partial charge in [0.25, 0.3) is 0 Å². The molecule has 0 spiro atoms. The van der Waals surface area contributed by atoms with Gasteiger partial charge in [0.2, 0.25) is 0 Å². The molecule has 1 atom stereocenters. The van der Waals surface area contributed by atoms with Gasteiger partial charge in [-0.05, 0) is 51.6 Å². The van der Waals surface area contributed by atoms with Crippen molar-refractivity contribution in [2.75, 3.05) is 26.2 Å². The van der Waals surface area contributed by atoms with Gasteiger partial charge in [0.05, 0.1) is 18.8 Å². The van der Waals surface area contributed by atoms with Gasteiger partial charge in [0.15, 0.2) is 0 Å². The molecule has 2 rings (SSSR count). The molecule has 1 unspecified atom stereocenters. The average molecular weight is 337 g/mol. The number of aliphatic hydroxyl groups excluding tert-OH is 1. The molecule has 1 aromatic rings. The van der Waals surface area contributed by atoms with E-state index >= 15 is 0 Å². The summed E-state index contributed by atoms with van der Waals surface area (Å²) in [5.41, 5.74) is 3.52. The molecule has 0 radical (unpaired) electrons. The zero-order valence-corrected chi connectivity index (χ0v) is 16.2. The number of nitrogens with one attached hydrogen (secondary N) is 1. The van der Waals surface area contributed by atoms with Gasteiger partial charge in [-0.2, -0.15) is 5.10 Å². The normalized spacial score (nSPS) is 18.5. The van der Waals surface area contributed by atoms with E-state index in [9.17, 15) is 0 Å². The molecule has 24 heavy (non-hydrogen) atoms. The smallest absolute Gasteiger partial charge is 0.0644 e. The molecule has 1 saturated heterocycles. The Balaban J connectivity index is 1.91. The number of rotatable bonds is 8. The van der Waals surface area contributed by atoms with Crippen LogP contribution in [0.5, 0.6) is 0 Å². The van der Waals surface area contributed by atoms with Crippen LogP contribution in [0.4, 0.5) is 0 Å². The third kappa shape index (κ3) is 4.80. The molecule has 5 nitrogen and oxygen atoms in total. The minimum absolute atomic E-state index is 0.137. The predicted octanol–water partition coefficient (Wildman–Crippen LogP) is 2.34. The van der Waals surface area contributed by atoms with Gasteiger partial charge in [-0.25, -0.2) is 0 Å². The van der Waals surface area contributed by atoms with Crippen molar-refractivity contribution in [2.24, 2.45) is 11.8 Å². The van der Waals surface area contributed by atoms with Crippen molar-refractivity contribution in [3.63, 3.8) is 0 Å². The molecule has 1 aromatic heterocycles. The second-order valence-corrected chi connectivity index (χ2v) is 7.76. The second kappa shape index (κ2) is 8.97. The highest BCUT2D eigenvalue weighted by atomic mass is 16.3. The molecule has 1 aliphatic rings. The lowest BCUT2D eigenvalue weighted by atomic mass is 9.94. The van der Waals surface area contributed by atoms with Crippen molar-refractivity contribution in [1.82, 2.24) is 20.0 Å². The SMILES string of the molecule is Cc1nn(CCO)c(C)c1CNCC(C(C)C)N1CCC(C)CC1. The molecule has 1 fully saturated rings. The van der Waals surface area contributed by atoms with E-state index in [0.717, 1.165) is 24.7 Å². The van der Waals surface area contributed by atoms with Crippen LogP contribution in [0, 0.1) is 25.7 Å². The number of aromatic nitrogens is 2. The van der Waals surface area contributed by atoms with Crippen LogP contribution in [0.3, 0.4) is 0 Å². The molecular weight excluding hydrogens is 300 g/mol. The van der Waals surface area contributed by atoms with E-state index in [2.05, 4.69) is 49.9 Å². The topological polar surface area (TPSA) is 53.3 Å². The van der Waals surface area contributed by atoms with E-state index in [4.69, 9.17) is 5.11 Å². The first-order valence-electron chi connectivity index (χ1n) is 9.52. The van der Waals surface area contributed by atoms with Crippen molar-refractivity contribution in [3.8, 4) is 0 Å². The predicted molar refractivity (Wildman–Crippen MR) is 99.1 cm³/mol. The van der Waals surface area contributed by atoms with Gasteiger partial charge in [0, 0.05) is 30.4 Å². The molecule has 5 heteroatoms. The summed E-state index contributed by atoms with van der Waals surface area (Å²) < 4.78 is 1.91. The molecule has 0 saturated carbocycles. The van der Waals surface area contributed by atoms with E-state index in [1.54, 1.807) is 0 Å². The van der Waals surface area contributed by atoms with E-state index in [1.807, 2.05) is 4.68 Å². The molecule has 0 bridgehead atoms. The summed E-state index contributed by atoms with van der Waals surface area (Å²) in [6.07, 6.45) is 2.66. The largest absolute Gasteiger partial charge is 0.394 e. The summed E-state index contributed by atoms with van der Waals surface area (Å²) in [5.74, 6) is 1.54. The monoisotopic (exact) mass is 336 g/mol. The first kappa shape index (κ1) is 19.4. The second-order valence-electron chi connectivity index (χ2n) is 7.76. The average Bonchev–Trinajstić information content (AvgIpc) is 2.80. The van der Waals surface area contributed by atoms with Crippen molar-refractivity contribution in [3.05, 3.63) is 17.0 Å². The molecule has 0 aliphatic carbocycles. The van der Waals surface area contributed by atoms with Gasteiger partial charge in [-0.3, -0.25) is 9.58 Å². The summed E-state index contributed by atoms with van der Waals surface area (Å²) in [6.45, 7) is 16.3. The van der Waals surface area contributed by atoms with E-state index in [-0.39, 0.29) is 6.61 Å². The fourth-order valence-corrected chi connectivity index (χ4v) is 3.79. The maximum Gasteiger partial charge on any atom is 0.0644 e. The summed E-state index contributed by atoms with van der Waals surface area (Å²) >= 11 is 0. The number of piperidine rings is 1. The fraction of sp³-hybridized carbons (Fsp3) is 0.842. The maximum absolute atomic E-state index is 9.14. The van der Waals surface area contributed by atoms with Crippen molar-refractivity contribution in [2.45, 2.75) is 66.6 Å². The highest BCUT2D eigenvalue weighted by Crippen LogP contribution is 2.21. The van der Waals surface area contributed by atoms with E-state index in [1.165, 1.54) is 37.2 Å². The summed E-state index contributed by atoms with van der Waals surface area (Å²) in [6, 6.07) is 0.602. The van der Waals surface area contributed by atoms with Gasteiger partial charge in [0.1, 0.15) is 0 Å². The van der Waals surface area contributed by atoms with Gasteiger partial charge >= 0.3 is 0 Å². The summed E-state index contributed by atoms with van der Waals surface area (Å²) in [4.78, 5) is 2.67. The van der Waals surface area contributed by atoms with Crippen LogP contribution in [-0.4, -0.2) is 52.1 Å². The summed E-state index contributed by atoms with van der Waals surface area (Å²) in [5, 5.41) is 17.3. The Kier molecular flexibility index (Phi) is 7.26. The Morgan fingerprint density at radius 1 is 1.25 bits per heavy atom. The molecule has 0 amide bonds. The molecule has 2 N–H and O–H groups in total. The molecule has 2 heterocycles. The van der Waals surface area contributed by atoms with Gasteiger partial charge < -0.3 is 10.4 Å². The lowest BCUT2D eigenvalue weighted by Gasteiger charge is -2.39. The first-order chi connectivity index (χ1) is 11.4. The number of likely N-dealkylation sites (tertiary alicyclic amines) is 1. The third-order valence-corrected chi connectivity index (χ3v) is 5.56. The van der Waals surface area contributed by atoms with E-state index in [0.29, 0.717) is 18.5 Å². The zero-order valence-electron chi connectivity index (χ0n) is 16.2. The van der Waals surface area contributed by atoms with Crippen LogP contribution in [0.15, 0.2) is 0 Å². The van der Waals surface area contributed by atoms with Crippen LogP contribution in [0.25, 0.3) is 0 Å². The Labute approximate surface area is 147 Å².